The minimum atomic E-state index is -0.200. The van der Waals surface area contributed by atoms with E-state index in [1.54, 1.807) is 37.2 Å². The Bertz CT molecular complexity index is 1340. The van der Waals surface area contributed by atoms with Crippen molar-refractivity contribution in [3.05, 3.63) is 60.9 Å². The molecule has 186 valence electrons. The predicted octanol–water partition coefficient (Wildman–Crippen LogP) is 3.99. The molecule has 1 amide bonds. The van der Waals surface area contributed by atoms with Crippen LogP contribution in [-0.2, 0) is 7.05 Å². The maximum atomic E-state index is 13.1. The number of rotatable bonds is 4. The summed E-state index contributed by atoms with van der Waals surface area (Å²) in [5, 5.41) is 4.80. The summed E-state index contributed by atoms with van der Waals surface area (Å²) in [6.07, 6.45) is 13.3. The first-order chi connectivity index (χ1) is 17.6. The Morgan fingerprint density at radius 1 is 0.861 bits per heavy atom. The van der Waals surface area contributed by atoms with Gasteiger partial charge in [0.05, 0.1) is 23.9 Å². The van der Waals surface area contributed by atoms with Gasteiger partial charge in [-0.1, -0.05) is 0 Å². The molecule has 0 saturated carbocycles. The molecule has 1 fully saturated rings. The van der Waals surface area contributed by atoms with Gasteiger partial charge in [-0.25, -0.2) is 15.0 Å². The number of pyridine rings is 3. The van der Waals surface area contributed by atoms with Gasteiger partial charge in [-0.05, 0) is 75.5 Å². The molecule has 36 heavy (non-hydrogen) atoms. The van der Waals surface area contributed by atoms with Crippen molar-refractivity contribution in [2.45, 2.75) is 25.7 Å². The van der Waals surface area contributed by atoms with Crippen LogP contribution in [0.2, 0.25) is 0 Å². The maximum absolute atomic E-state index is 13.1. The first kappa shape index (κ1) is 23.9. The average molecular weight is 485 g/mol. The number of nitrogens with one attached hydrogen (secondary N) is 1. The molecule has 5 rings (SSSR count). The minimum absolute atomic E-state index is 0.200. The highest BCUT2D eigenvalue weighted by Crippen LogP contribution is 2.23. The van der Waals surface area contributed by atoms with Gasteiger partial charge in [0.2, 0.25) is 0 Å². The normalized spacial score (nSPS) is 15.7. The van der Waals surface area contributed by atoms with E-state index in [0.29, 0.717) is 11.4 Å². The number of carbonyl (C=O) groups excluding carboxylic acids is 1. The van der Waals surface area contributed by atoms with Crippen LogP contribution in [-0.4, -0.2) is 68.5 Å². The molecule has 4 aromatic heterocycles. The lowest BCUT2D eigenvalue weighted by Crippen LogP contribution is -2.30. The second kappa shape index (κ2) is 10.8. The third-order valence-electron chi connectivity index (χ3n) is 6.69. The number of carbonyl (C=O) groups is 1. The molecule has 1 N–H and O–H groups in total. The molecule has 0 spiro atoms. The van der Waals surface area contributed by atoms with Crippen LogP contribution in [0, 0.1) is 0 Å². The number of hydrogen-bond acceptors (Lipinski definition) is 7. The van der Waals surface area contributed by atoms with Crippen molar-refractivity contribution < 1.29 is 4.79 Å². The van der Waals surface area contributed by atoms with Gasteiger partial charge in [-0.3, -0.25) is 9.78 Å². The smallest absolute Gasteiger partial charge is 0.257 e. The number of imidazole rings is 1. The van der Waals surface area contributed by atoms with E-state index < -0.39 is 0 Å². The van der Waals surface area contributed by atoms with Crippen molar-refractivity contribution in [3.8, 4) is 11.4 Å². The van der Waals surface area contributed by atoms with E-state index in [1.807, 2.05) is 29.8 Å². The van der Waals surface area contributed by atoms with Gasteiger partial charge in [0.15, 0.2) is 0 Å². The summed E-state index contributed by atoms with van der Waals surface area (Å²) in [4.78, 5) is 35.5. The standard InChI is InChI=1S/C27H32N8O/c1-33-9-3-5-11-35(12-6-4-10-33)26-15-20(7-8-29-26)27(36)32-25-14-21-13-23(24-18-28-19-34(24)2)30-16-22(21)17-31-25/h7-8,13-19H,3-6,9-12H2,1-2H3,(H,31,32,36). The third-order valence-corrected chi connectivity index (χ3v) is 6.69. The van der Waals surface area contributed by atoms with Crippen molar-refractivity contribution in [3.63, 3.8) is 0 Å². The first-order valence-corrected chi connectivity index (χ1v) is 12.5. The lowest BCUT2D eigenvalue weighted by Gasteiger charge is -2.27. The molecular weight excluding hydrogens is 452 g/mol. The van der Waals surface area contributed by atoms with Gasteiger partial charge in [-0.2, -0.15) is 0 Å². The van der Waals surface area contributed by atoms with Crippen LogP contribution in [0.25, 0.3) is 22.2 Å². The molecule has 0 radical (unpaired) electrons. The number of aromatic nitrogens is 5. The fourth-order valence-electron chi connectivity index (χ4n) is 4.59. The molecule has 1 saturated heterocycles. The van der Waals surface area contributed by atoms with Crippen LogP contribution in [0.1, 0.15) is 36.0 Å². The van der Waals surface area contributed by atoms with E-state index >= 15 is 0 Å². The van der Waals surface area contributed by atoms with Crippen LogP contribution in [0.5, 0.6) is 0 Å². The number of nitrogens with zero attached hydrogens (tertiary/aromatic N) is 7. The minimum Gasteiger partial charge on any atom is -0.357 e. The topological polar surface area (TPSA) is 92.1 Å². The summed E-state index contributed by atoms with van der Waals surface area (Å²) in [5.74, 6) is 1.15. The van der Waals surface area contributed by atoms with E-state index in [0.717, 1.165) is 67.0 Å². The first-order valence-electron chi connectivity index (χ1n) is 12.5. The van der Waals surface area contributed by atoms with Crippen molar-refractivity contribution in [1.82, 2.24) is 29.4 Å². The predicted molar refractivity (Wildman–Crippen MR) is 142 cm³/mol. The van der Waals surface area contributed by atoms with Crippen LogP contribution in [0.15, 0.2) is 55.4 Å². The van der Waals surface area contributed by atoms with Crippen molar-refractivity contribution >= 4 is 28.3 Å². The molecule has 0 bridgehead atoms. The summed E-state index contributed by atoms with van der Waals surface area (Å²) in [6, 6.07) is 7.50. The zero-order valence-corrected chi connectivity index (χ0v) is 20.9. The lowest BCUT2D eigenvalue weighted by atomic mass is 10.1. The summed E-state index contributed by atoms with van der Waals surface area (Å²) in [6.45, 7) is 4.15. The maximum Gasteiger partial charge on any atom is 0.257 e. The van der Waals surface area contributed by atoms with Crippen LogP contribution in [0.3, 0.4) is 0 Å². The van der Waals surface area contributed by atoms with Crippen LogP contribution >= 0.6 is 0 Å². The Balaban J connectivity index is 1.32. The van der Waals surface area contributed by atoms with Gasteiger partial charge in [0.1, 0.15) is 11.6 Å². The van der Waals surface area contributed by atoms with Crippen molar-refractivity contribution in [2.75, 3.05) is 43.4 Å². The van der Waals surface area contributed by atoms with Gasteiger partial charge >= 0.3 is 0 Å². The Morgan fingerprint density at radius 2 is 1.61 bits per heavy atom. The zero-order valence-electron chi connectivity index (χ0n) is 20.9. The number of anilines is 2. The summed E-state index contributed by atoms with van der Waals surface area (Å²) < 4.78 is 1.92. The summed E-state index contributed by atoms with van der Waals surface area (Å²) in [7, 11) is 4.13. The molecule has 9 nitrogen and oxygen atoms in total. The molecular formula is C27H32N8O. The number of hydrogen-bond donors (Lipinski definition) is 1. The third kappa shape index (κ3) is 5.52. The summed E-state index contributed by atoms with van der Waals surface area (Å²) >= 11 is 0. The van der Waals surface area contributed by atoms with Gasteiger partial charge in [0, 0.05) is 49.7 Å². The second-order valence-corrected chi connectivity index (χ2v) is 9.44. The van der Waals surface area contributed by atoms with E-state index in [1.165, 1.54) is 12.8 Å². The van der Waals surface area contributed by atoms with E-state index in [4.69, 9.17) is 0 Å². The molecule has 9 heteroatoms. The quantitative estimate of drug-likeness (QED) is 0.468. The van der Waals surface area contributed by atoms with E-state index in [-0.39, 0.29) is 5.91 Å². The fourth-order valence-corrected chi connectivity index (χ4v) is 4.59. The highest BCUT2D eigenvalue weighted by molar-refractivity contribution is 6.05. The largest absolute Gasteiger partial charge is 0.357 e. The Hall–Kier alpha value is -3.85. The Morgan fingerprint density at radius 3 is 2.36 bits per heavy atom. The lowest BCUT2D eigenvalue weighted by molar-refractivity contribution is 0.102. The Kier molecular flexibility index (Phi) is 7.18. The Labute approximate surface area is 211 Å². The van der Waals surface area contributed by atoms with Crippen LogP contribution in [0.4, 0.5) is 11.6 Å². The summed E-state index contributed by atoms with van der Waals surface area (Å²) in [5.41, 5.74) is 2.31. The van der Waals surface area contributed by atoms with Crippen LogP contribution < -0.4 is 10.2 Å². The van der Waals surface area contributed by atoms with Gasteiger partial charge < -0.3 is 19.7 Å². The molecule has 0 atom stereocenters. The highest BCUT2D eigenvalue weighted by Gasteiger charge is 2.14. The van der Waals surface area contributed by atoms with Gasteiger partial charge in [-0.15, -0.1) is 0 Å². The second-order valence-electron chi connectivity index (χ2n) is 9.44. The molecule has 5 heterocycles. The molecule has 4 aromatic rings. The SMILES string of the molecule is CN1CCCCN(c2cc(C(=O)Nc3cc4cc(-c5cncn5C)ncc4cn3)ccn2)CCCC1. The monoisotopic (exact) mass is 484 g/mol. The molecule has 1 aliphatic rings. The number of amides is 1. The van der Waals surface area contributed by atoms with E-state index in [2.05, 4.69) is 42.1 Å². The number of aryl methyl sites for hydroxylation is 1. The zero-order chi connectivity index (χ0) is 24.9. The molecule has 0 unspecified atom stereocenters. The number of fused-ring (bicyclic) bond motifs is 1. The van der Waals surface area contributed by atoms with Crippen molar-refractivity contribution in [2.24, 2.45) is 7.05 Å². The molecule has 1 aliphatic heterocycles. The molecule has 0 aliphatic carbocycles. The highest BCUT2D eigenvalue weighted by atomic mass is 16.1. The average Bonchev–Trinajstić information content (AvgIpc) is 3.33. The fraction of sp³-hybridized carbons (Fsp3) is 0.370. The van der Waals surface area contributed by atoms with E-state index in [9.17, 15) is 4.79 Å². The van der Waals surface area contributed by atoms with Crippen molar-refractivity contribution in [1.29, 1.82) is 0 Å². The molecule has 0 aromatic carbocycles. The van der Waals surface area contributed by atoms with Gasteiger partial charge in [0.25, 0.3) is 5.91 Å².